The molecule has 107 heavy (non-hydrogen) atoms. The van der Waals surface area contributed by atoms with Gasteiger partial charge in [0.25, 0.3) is 5.91 Å². The van der Waals surface area contributed by atoms with Crippen LogP contribution >= 0.6 is 0 Å². The van der Waals surface area contributed by atoms with E-state index in [4.69, 9.17) is 18.7 Å². The van der Waals surface area contributed by atoms with Crippen molar-refractivity contribution in [3.05, 3.63) is 101 Å². The predicted octanol–water partition coefficient (Wildman–Crippen LogP) is 5.58. The molecule has 0 radical (unpaired) electrons. The standard InChI is InChI=1S/C77H109N9O19Si2/c1-12-73(101)42-47-29-37-85(46-73)38-30-51-50-20-16-17-21-54(50)81-61(51)76(43-47,69(99)104-7)53-40-52-56(41-57(53)103-6)84(5)65-75(52)34-39-86-36-19-31-74(13-2,64(75)86)66(94)77(65,102)45-79-62(91)48-23-25-49(26-24-48)107(10,11)105-106(8,9)44-55(63(92)93)80-59(88)22-15-14-18-35-78-58(87)27-32-71(3,67(95)96)82-70(100)83-72(4,68(97)98)33-28-60(89)90/h16-17,19-21,23-26,31,40-41,47,55,64-66,81,94,101-102H,12-15,18,22,27-30,32-39,42-46H2,1-11H3,(H,78,87)(H,79,91)(H,80,88)(H,89,90)(H,92,93)(H,95,96)(H,97,98)(H2,82,83,100)/t47?,55?,64-,65-,66-,71+,72+,73+,74-,75-,76+,77+/m1/s1. The van der Waals surface area contributed by atoms with E-state index in [1.807, 2.05) is 88.4 Å². The number of carboxylic acids is 4. The molecule has 1 saturated carbocycles. The number of aromatic amines is 1. The van der Waals surface area contributed by atoms with Crippen molar-refractivity contribution < 1.29 is 92.5 Å². The number of urea groups is 1. The van der Waals surface area contributed by atoms with Crippen LogP contribution in [0, 0.1) is 11.3 Å². The van der Waals surface area contributed by atoms with E-state index in [0.29, 0.717) is 95.3 Å². The van der Waals surface area contributed by atoms with Crippen molar-refractivity contribution in [2.45, 2.75) is 214 Å². The Labute approximate surface area is 626 Å². The summed E-state index contributed by atoms with van der Waals surface area (Å²) in [5.41, 5.74) is -5.25. The number of H-pyrrole nitrogens is 1. The number of fused-ring (bicyclic) bond motifs is 7. The third-order valence-corrected chi connectivity index (χ3v) is 31.7. The summed E-state index contributed by atoms with van der Waals surface area (Å²) in [6.45, 7) is 17.0. The van der Waals surface area contributed by atoms with E-state index >= 15 is 4.79 Å². The van der Waals surface area contributed by atoms with E-state index in [9.17, 15) is 69.0 Å². The zero-order valence-electron chi connectivity index (χ0n) is 63.4. The van der Waals surface area contributed by atoms with Crippen LogP contribution in [-0.4, -0.2) is 234 Å². The van der Waals surface area contributed by atoms with Gasteiger partial charge in [0.2, 0.25) is 20.1 Å². The van der Waals surface area contributed by atoms with Crippen LogP contribution in [0.25, 0.3) is 10.9 Å². The fraction of sp³-hybridized carbons (Fsp3) is 0.597. The Balaban J connectivity index is 0.805. The number of esters is 1. The number of carboxylic acid groups (broad SMARTS) is 4. The molecular weight excluding hydrogens is 1410 g/mol. The van der Waals surface area contributed by atoms with Crippen molar-refractivity contribution in [2.75, 3.05) is 72.0 Å². The minimum atomic E-state index is -2.90. The lowest BCUT2D eigenvalue weighted by Gasteiger charge is -2.64. The lowest BCUT2D eigenvalue weighted by atomic mass is 9.47. The zero-order chi connectivity index (χ0) is 78.2. The topological polar surface area (TPSA) is 409 Å². The number of unbranched alkanes of at least 4 members (excludes halogenated alkanes) is 2. The summed E-state index contributed by atoms with van der Waals surface area (Å²) >= 11 is 0. The number of aliphatic carboxylic acids is 4. The van der Waals surface area contributed by atoms with Crippen LogP contribution in [0.4, 0.5) is 10.5 Å². The molecule has 5 amide bonds. The molecule has 2 bridgehead atoms. The summed E-state index contributed by atoms with van der Waals surface area (Å²) in [7, 11) is -0.799. The number of nitrogens with one attached hydrogen (secondary N) is 6. The number of hydrogen-bond donors (Lipinski definition) is 13. The van der Waals surface area contributed by atoms with Crippen LogP contribution in [-0.2, 0) is 59.7 Å². The average Bonchev–Trinajstić information content (AvgIpc) is 1.49. The summed E-state index contributed by atoms with van der Waals surface area (Å²) in [5.74, 6) is -7.23. The first kappa shape index (κ1) is 81.3. The number of para-hydroxylation sites is 1. The number of benzene rings is 3. The SMILES string of the molecule is CC[C@]1(O)CC2CCN(CCc3c([nH]c4ccccc34)[C@@](C(=O)OC)(c3cc4c(cc3OC)N(C)[C@H]3[C@@](O)(CNC(=O)c5ccc([Si](C)(C)O[Si](C)(C)CC(NC(=O)CCCCCNC(=O)CC[C@](C)(NC(=O)N[C@@](C)(CCC(=O)O)C(=O)O)C(=O)O)C(=O)O)cc5)[C@H](O)[C@]5(CC)C=CCN6CC[C@]43[C@H]65)C2)C1. The zero-order valence-corrected chi connectivity index (χ0v) is 65.4. The van der Waals surface area contributed by atoms with Gasteiger partial charge in [-0.25, -0.2) is 14.4 Å². The van der Waals surface area contributed by atoms with Crippen LogP contribution in [0.15, 0.2) is 72.8 Å². The minimum Gasteiger partial charge on any atom is -0.496 e. The monoisotopic (exact) mass is 1520 g/mol. The second-order valence-corrected chi connectivity index (χ2v) is 40.7. The first-order valence-corrected chi connectivity index (χ1v) is 43.5. The van der Waals surface area contributed by atoms with Gasteiger partial charge in [-0.15, -0.1) is 0 Å². The largest absolute Gasteiger partial charge is 0.496 e. The van der Waals surface area contributed by atoms with Crippen LogP contribution in [0.1, 0.15) is 150 Å². The Morgan fingerprint density at radius 1 is 0.776 bits per heavy atom. The number of rotatable bonds is 31. The molecule has 584 valence electrons. The van der Waals surface area contributed by atoms with Gasteiger partial charge in [0.1, 0.15) is 33.9 Å². The number of hydrogen-bond acceptors (Lipinski definition) is 18. The first-order valence-electron chi connectivity index (χ1n) is 37.4. The van der Waals surface area contributed by atoms with Gasteiger partial charge in [-0.3, -0.25) is 33.7 Å². The molecule has 3 fully saturated rings. The molecule has 13 N–H and O–H groups in total. The number of ether oxygens (including phenoxy) is 2. The van der Waals surface area contributed by atoms with Gasteiger partial charge in [0, 0.05) is 109 Å². The van der Waals surface area contributed by atoms with Crippen molar-refractivity contribution in [2.24, 2.45) is 11.3 Å². The Hall–Kier alpha value is -8.24. The van der Waals surface area contributed by atoms with Gasteiger partial charge in [-0.05, 0) is 176 Å². The molecule has 1 spiro atoms. The number of likely N-dealkylation sites (N-methyl/N-ethyl adjacent to an activating group) is 1. The molecule has 4 aromatic rings. The second-order valence-electron chi connectivity index (χ2n) is 32.3. The molecule has 3 aromatic carbocycles. The van der Waals surface area contributed by atoms with Crippen molar-refractivity contribution in [3.8, 4) is 5.75 Å². The first-order chi connectivity index (χ1) is 50.4. The summed E-state index contributed by atoms with van der Waals surface area (Å²) in [6.07, 6.45) is 5.89. The number of carbonyl (C=O) groups excluding carboxylic acids is 5. The normalized spacial score (nSPS) is 27.3. The maximum atomic E-state index is 15.8. The van der Waals surface area contributed by atoms with Crippen molar-refractivity contribution in [1.29, 1.82) is 0 Å². The third-order valence-electron chi connectivity index (χ3n) is 24.3. The molecule has 6 aliphatic rings. The Morgan fingerprint density at radius 3 is 2.09 bits per heavy atom. The van der Waals surface area contributed by atoms with Crippen molar-refractivity contribution in [1.82, 2.24) is 41.4 Å². The quantitative estimate of drug-likeness (QED) is 0.0127. The molecule has 6 heterocycles. The highest BCUT2D eigenvalue weighted by Crippen LogP contribution is 2.68. The molecule has 13 atom stereocenters. The molecule has 1 aliphatic carbocycles. The van der Waals surface area contributed by atoms with Gasteiger partial charge in [0.15, 0.2) is 8.32 Å². The maximum Gasteiger partial charge on any atom is 0.329 e. The molecule has 28 nitrogen and oxygen atoms in total. The van der Waals surface area contributed by atoms with E-state index in [1.165, 1.54) is 7.11 Å². The smallest absolute Gasteiger partial charge is 0.329 e. The number of aliphatic hydroxyl groups excluding tert-OH is 1. The number of methoxy groups -OCH3 is 2. The summed E-state index contributed by atoms with van der Waals surface area (Å²) in [5, 5.41) is 93.1. The maximum absolute atomic E-state index is 15.8. The molecule has 10 rings (SSSR count). The lowest BCUT2D eigenvalue weighted by Crippen LogP contribution is -2.80. The second kappa shape index (κ2) is 31.4. The number of carbonyl (C=O) groups is 9. The Bertz CT molecular complexity index is 4100. The molecule has 2 saturated heterocycles. The average molecular weight is 1520 g/mol. The Morgan fingerprint density at radius 2 is 1.46 bits per heavy atom. The third kappa shape index (κ3) is 15.7. The van der Waals surface area contributed by atoms with E-state index in [-0.39, 0.29) is 55.9 Å². The fourth-order valence-electron chi connectivity index (χ4n) is 18.9. The summed E-state index contributed by atoms with van der Waals surface area (Å²) in [4.78, 5) is 128. The predicted molar refractivity (Wildman–Crippen MR) is 404 cm³/mol. The van der Waals surface area contributed by atoms with Crippen LogP contribution in [0.2, 0.25) is 32.2 Å². The van der Waals surface area contributed by atoms with Gasteiger partial charge < -0.3 is 90.7 Å². The Kier molecular flexibility index (Phi) is 23.8. The van der Waals surface area contributed by atoms with Gasteiger partial charge in [-0.2, -0.15) is 0 Å². The van der Waals surface area contributed by atoms with Crippen LogP contribution in [0.5, 0.6) is 5.75 Å². The van der Waals surface area contributed by atoms with Gasteiger partial charge in [-0.1, -0.05) is 62.8 Å². The number of nitrogens with zero attached hydrogens (tertiary/aromatic N) is 3. The van der Waals surface area contributed by atoms with Gasteiger partial charge >= 0.3 is 35.9 Å². The van der Waals surface area contributed by atoms with Crippen molar-refractivity contribution in [3.63, 3.8) is 0 Å². The van der Waals surface area contributed by atoms with E-state index < -0.39 is 140 Å². The molecule has 5 aliphatic heterocycles. The molecule has 1 aromatic heterocycles. The van der Waals surface area contributed by atoms with E-state index in [1.54, 1.807) is 19.2 Å². The highest BCUT2D eigenvalue weighted by atomic mass is 28.4. The number of aromatic nitrogens is 1. The van der Waals surface area contributed by atoms with E-state index in [0.717, 1.165) is 65.4 Å². The van der Waals surface area contributed by atoms with Crippen LogP contribution < -0.4 is 41.4 Å². The fourth-order valence-corrected chi connectivity index (χ4v) is 27.5. The lowest BCUT2D eigenvalue weighted by molar-refractivity contribution is -0.196. The van der Waals surface area contributed by atoms with Crippen LogP contribution in [0.3, 0.4) is 0 Å². The minimum absolute atomic E-state index is 0.0106. The van der Waals surface area contributed by atoms with Crippen molar-refractivity contribution >= 4 is 92.0 Å². The highest BCUT2D eigenvalue weighted by Gasteiger charge is 2.77. The number of amides is 5. The van der Waals surface area contributed by atoms with E-state index in [2.05, 4.69) is 65.7 Å². The summed E-state index contributed by atoms with van der Waals surface area (Å²) in [6, 6.07) is 15.7. The number of anilines is 1. The highest BCUT2D eigenvalue weighted by molar-refractivity contribution is 6.92. The number of aliphatic hydroxyl groups is 3. The molecule has 3 unspecified atom stereocenters. The summed E-state index contributed by atoms with van der Waals surface area (Å²) < 4.78 is 19.5. The van der Waals surface area contributed by atoms with Gasteiger partial charge in [0.05, 0.1) is 38.5 Å². The molecule has 30 heteroatoms. The molecular formula is C77H109N9O19Si2.